The largest absolute Gasteiger partial charge is 0.495 e. The molecule has 7 nitrogen and oxygen atoms in total. The van der Waals surface area contributed by atoms with Crippen molar-refractivity contribution in [2.24, 2.45) is 0 Å². The molecular formula is C24H24N2O5. The molecule has 160 valence electrons. The summed E-state index contributed by atoms with van der Waals surface area (Å²) < 4.78 is 11.5. The van der Waals surface area contributed by atoms with Gasteiger partial charge < -0.3 is 19.5 Å². The van der Waals surface area contributed by atoms with Gasteiger partial charge in [0.25, 0.3) is 5.91 Å². The normalized spacial score (nSPS) is 19.6. The first-order valence-corrected chi connectivity index (χ1v) is 10.7. The number of amides is 1. The van der Waals surface area contributed by atoms with Crippen LogP contribution in [0.15, 0.2) is 42.7 Å². The van der Waals surface area contributed by atoms with Gasteiger partial charge in [0.15, 0.2) is 0 Å². The van der Waals surface area contributed by atoms with Crippen molar-refractivity contribution in [2.75, 3.05) is 6.61 Å². The Morgan fingerprint density at radius 1 is 1.10 bits per heavy atom. The third kappa shape index (κ3) is 4.26. The SMILES string of the molecule is O=C(O)c1ccc2c(c1)CN(C(=O)c1cc(OCC3CCC=CO3)nc(C3CC3)c1)C2. The fourth-order valence-electron chi connectivity index (χ4n) is 4.05. The predicted octanol–water partition coefficient (Wildman–Crippen LogP) is 3.88. The average molecular weight is 420 g/mol. The molecule has 31 heavy (non-hydrogen) atoms. The topological polar surface area (TPSA) is 89.0 Å². The van der Waals surface area contributed by atoms with Crippen molar-refractivity contribution >= 4 is 11.9 Å². The summed E-state index contributed by atoms with van der Waals surface area (Å²) >= 11 is 0. The number of hydrogen-bond acceptors (Lipinski definition) is 5. The van der Waals surface area contributed by atoms with E-state index >= 15 is 0 Å². The number of nitrogens with zero attached hydrogens (tertiary/aromatic N) is 2. The van der Waals surface area contributed by atoms with Gasteiger partial charge in [-0.1, -0.05) is 6.07 Å². The number of fused-ring (bicyclic) bond motifs is 1. The minimum absolute atomic E-state index is 0.00737. The van der Waals surface area contributed by atoms with Gasteiger partial charge in [-0.05, 0) is 61.1 Å². The summed E-state index contributed by atoms with van der Waals surface area (Å²) in [4.78, 5) is 30.9. The smallest absolute Gasteiger partial charge is 0.335 e. The Morgan fingerprint density at radius 3 is 2.68 bits per heavy atom. The van der Waals surface area contributed by atoms with Crippen LogP contribution < -0.4 is 4.74 Å². The molecule has 0 spiro atoms. The van der Waals surface area contributed by atoms with Gasteiger partial charge in [0.2, 0.25) is 5.88 Å². The Labute approximate surface area is 180 Å². The molecule has 3 aliphatic rings. The van der Waals surface area contributed by atoms with Gasteiger partial charge in [-0.2, -0.15) is 0 Å². The molecule has 0 bridgehead atoms. The maximum Gasteiger partial charge on any atom is 0.335 e. The van der Waals surface area contributed by atoms with Crippen LogP contribution in [0.2, 0.25) is 0 Å². The van der Waals surface area contributed by atoms with Crippen molar-refractivity contribution in [2.45, 2.75) is 50.8 Å². The molecule has 7 heteroatoms. The first-order valence-electron chi connectivity index (χ1n) is 10.7. The van der Waals surface area contributed by atoms with Gasteiger partial charge in [0.1, 0.15) is 12.7 Å². The van der Waals surface area contributed by atoms with Crippen molar-refractivity contribution in [1.82, 2.24) is 9.88 Å². The van der Waals surface area contributed by atoms with Gasteiger partial charge in [0.05, 0.1) is 11.8 Å². The van der Waals surface area contributed by atoms with Crippen LogP contribution in [0.5, 0.6) is 5.88 Å². The molecule has 2 aliphatic heterocycles. The van der Waals surface area contributed by atoms with E-state index in [1.807, 2.05) is 12.1 Å². The van der Waals surface area contributed by atoms with Gasteiger partial charge in [-0.25, -0.2) is 9.78 Å². The molecule has 1 N–H and O–H groups in total. The zero-order valence-electron chi connectivity index (χ0n) is 17.1. The number of benzene rings is 1. The molecule has 1 amide bonds. The first kappa shape index (κ1) is 19.6. The van der Waals surface area contributed by atoms with Gasteiger partial charge in [0, 0.05) is 36.3 Å². The molecule has 1 fully saturated rings. The molecule has 3 heterocycles. The number of carbonyl (C=O) groups excluding carboxylic acids is 1. The maximum absolute atomic E-state index is 13.3. The lowest BCUT2D eigenvalue weighted by Gasteiger charge is -2.20. The molecule has 0 saturated heterocycles. The number of pyridine rings is 1. The summed E-state index contributed by atoms with van der Waals surface area (Å²) in [5.74, 6) is -0.220. The Kier molecular flexibility index (Phi) is 5.10. The summed E-state index contributed by atoms with van der Waals surface area (Å²) in [5, 5.41) is 9.22. The fraction of sp³-hybridized carbons (Fsp3) is 0.375. The lowest BCUT2D eigenvalue weighted by Crippen LogP contribution is -2.26. The Bertz CT molecular complexity index is 1060. The van der Waals surface area contributed by atoms with E-state index < -0.39 is 5.97 Å². The molecule has 5 rings (SSSR count). The molecule has 1 unspecified atom stereocenters. The highest BCUT2D eigenvalue weighted by Gasteiger charge is 2.30. The number of ether oxygens (including phenoxy) is 2. The minimum Gasteiger partial charge on any atom is -0.495 e. The third-order valence-electron chi connectivity index (χ3n) is 5.97. The third-order valence-corrected chi connectivity index (χ3v) is 5.97. The fourth-order valence-corrected chi connectivity index (χ4v) is 4.05. The number of carboxylic acids is 1. The van der Waals surface area contributed by atoms with Crippen LogP contribution in [0.1, 0.15) is 69.1 Å². The van der Waals surface area contributed by atoms with Crippen LogP contribution in [0.4, 0.5) is 0 Å². The second-order valence-electron chi connectivity index (χ2n) is 8.36. The van der Waals surface area contributed by atoms with E-state index in [4.69, 9.17) is 9.47 Å². The van der Waals surface area contributed by atoms with Crippen molar-refractivity contribution in [3.8, 4) is 5.88 Å². The number of aromatic nitrogens is 1. The monoisotopic (exact) mass is 420 g/mol. The average Bonchev–Trinajstić information content (AvgIpc) is 3.56. The molecule has 2 aromatic rings. The van der Waals surface area contributed by atoms with Crippen molar-refractivity contribution in [3.05, 3.63) is 70.6 Å². The Hall–Kier alpha value is -3.35. The van der Waals surface area contributed by atoms with Crippen LogP contribution in [-0.2, 0) is 17.8 Å². The van der Waals surface area contributed by atoms with Crippen LogP contribution in [0.25, 0.3) is 0 Å². The van der Waals surface area contributed by atoms with Gasteiger partial charge >= 0.3 is 5.97 Å². The molecule has 1 saturated carbocycles. The van der Waals surface area contributed by atoms with Crippen LogP contribution >= 0.6 is 0 Å². The number of allylic oxidation sites excluding steroid dienone is 1. The highest BCUT2D eigenvalue weighted by Crippen LogP contribution is 2.40. The lowest BCUT2D eigenvalue weighted by atomic mass is 10.1. The van der Waals surface area contributed by atoms with Crippen molar-refractivity contribution < 1.29 is 24.2 Å². The molecular weight excluding hydrogens is 396 g/mol. The van der Waals surface area contributed by atoms with E-state index in [1.165, 1.54) is 0 Å². The second kappa shape index (κ2) is 8.06. The van der Waals surface area contributed by atoms with Gasteiger partial charge in [-0.15, -0.1) is 0 Å². The van der Waals surface area contributed by atoms with Crippen molar-refractivity contribution in [3.63, 3.8) is 0 Å². The van der Waals surface area contributed by atoms with Crippen LogP contribution in [0.3, 0.4) is 0 Å². The predicted molar refractivity (Wildman–Crippen MR) is 112 cm³/mol. The number of hydrogen-bond donors (Lipinski definition) is 1. The van der Waals surface area contributed by atoms with E-state index in [-0.39, 0.29) is 17.6 Å². The van der Waals surface area contributed by atoms with E-state index in [2.05, 4.69) is 4.98 Å². The zero-order valence-corrected chi connectivity index (χ0v) is 17.1. The summed E-state index contributed by atoms with van der Waals surface area (Å²) in [6, 6.07) is 8.61. The highest BCUT2D eigenvalue weighted by atomic mass is 16.5. The maximum atomic E-state index is 13.3. The summed E-state index contributed by atoms with van der Waals surface area (Å²) in [6.07, 6.45) is 7.71. The molecule has 1 aromatic carbocycles. The minimum atomic E-state index is -0.963. The Morgan fingerprint density at radius 2 is 1.94 bits per heavy atom. The molecule has 0 radical (unpaired) electrons. The Balaban J connectivity index is 1.33. The second-order valence-corrected chi connectivity index (χ2v) is 8.36. The van der Waals surface area contributed by atoms with Gasteiger partial charge in [-0.3, -0.25) is 4.79 Å². The highest BCUT2D eigenvalue weighted by molar-refractivity contribution is 5.95. The van der Waals surface area contributed by atoms with E-state index in [0.29, 0.717) is 37.1 Å². The molecule has 1 aliphatic carbocycles. The first-order chi connectivity index (χ1) is 15.1. The number of carboxylic acid groups (broad SMARTS) is 1. The summed E-state index contributed by atoms with van der Waals surface area (Å²) in [7, 11) is 0. The van der Waals surface area contributed by atoms with Crippen LogP contribution in [-0.4, -0.2) is 39.6 Å². The lowest BCUT2D eigenvalue weighted by molar-refractivity contribution is 0.0695. The van der Waals surface area contributed by atoms with Crippen molar-refractivity contribution in [1.29, 1.82) is 0 Å². The van der Waals surface area contributed by atoms with E-state index in [9.17, 15) is 14.7 Å². The van der Waals surface area contributed by atoms with E-state index in [0.717, 1.165) is 42.5 Å². The quantitative estimate of drug-likeness (QED) is 0.763. The number of rotatable bonds is 6. The number of aromatic carboxylic acids is 1. The number of carbonyl (C=O) groups is 2. The molecule has 1 atom stereocenters. The molecule has 1 aromatic heterocycles. The zero-order chi connectivity index (χ0) is 21.4. The summed E-state index contributed by atoms with van der Waals surface area (Å²) in [5.41, 5.74) is 3.55. The van der Waals surface area contributed by atoms with Crippen LogP contribution in [0, 0.1) is 0 Å². The van der Waals surface area contributed by atoms with E-state index in [1.54, 1.807) is 35.4 Å². The standard InChI is InChI=1S/C24H24N2O5/c27-23(26-12-17-7-6-16(24(28)29)9-19(17)13-26)18-10-21(15-4-5-15)25-22(11-18)31-14-20-3-1-2-8-30-20/h2,6-11,15,20H,1,3-5,12-14H2,(H,28,29). The summed E-state index contributed by atoms with van der Waals surface area (Å²) in [6.45, 7) is 1.26.